The number of hydrogen-bond donors (Lipinski definition) is 1. The third kappa shape index (κ3) is 3.53. The Bertz CT molecular complexity index is 943. The van der Waals surface area contributed by atoms with Crippen LogP contribution in [0.1, 0.15) is 40.4 Å². The van der Waals surface area contributed by atoms with E-state index in [-0.39, 0.29) is 36.5 Å². The molecule has 0 saturated heterocycles. The molecule has 0 atom stereocenters. The van der Waals surface area contributed by atoms with E-state index in [2.05, 4.69) is 0 Å². The van der Waals surface area contributed by atoms with Crippen molar-refractivity contribution in [1.29, 1.82) is 0 Å². The van der Waals surface area contributed by atoms with Crippen molar-refractivity contribution >= 4 is 19.2 Å². The van der Waals surface area contributed by atoms with Crippen LogP contribution in [0.15, 0.2) is 41.2 Å². The number of fused-ring (bicyclic) bond motifs is 1. The SMILES string of the molecule is CB(O)N1CN(C(C)C)C(=O)c2c(OCc3ccccc3)c(=O)cc(C=O)n21. The van der Waals surface area contributed by atoms with Crippen LogP contribution in [0.3, 0.4) is 0 Å². The first kappa shape index (κ1) is 19.7. The van der Waals surface area contributed by atoms with Crippen molar-refractivity contribution in [1.82, 2.24) is 9.58 Å². The maximum Gasteiger partial charge on any atom is 0.426 e. The monoisotopic (exact) mass is 383 g/mol. The van der Waals surface area contributed by atoms with Crippen molar-refractivity contribution in [2.75, 3.05) is 11.6 Å². The number of ether oxygens (including phenoxy) is 1. The van der Waals surface area contributed by atoms with Crippen molar-refractivity contribution in [2.24, 2.45) is 0 Å². The molecule has 1 amide bonds. The molecule has 28 heavy (non-hydrogen) atoms. The first-order chi connectivity index (χ1) is 13.3. The summed E-state index contributed by atoms with van der Waals surface area (Å²) in [5.74, 6) is -0.578. The minimum Gasteiger partial charge on any atom is -0.482 e. The van der Waals surface area contributed by atoms with E-state index in [4.69, 9.17) is 4.74 Å². The maximum atomic E-state index is 13.1. The lowest BCUT2D eigenvalue weighted by molar-refractivity contribution is 0.0643. The molecular formula is C19H22BN3O5. The minimum atomic E-state index is -1.00. The molecule has 0 unspecified atom stereocenters. The highest BCUT2D eigenvalue weighted by atomic mass is 16.5. The van der Waals surface area contributed by atoms with Gasteiger partial charge in [-0.2, -0.15) is 0 Å². The van der Waals surface area contributed by atoms with E-state index >= 15 is 0 Å². The van der Waals surface area contributed by atoms with Crippen LogP contribution in [-0.4, -0.2) is 46.6 Å². The molecule has 9 heteroatoms. The van der Waals surface area contributed by atoms with Gasteiger partial charge in [0, 0.05) is 12.1 Å². The summed E-state index contributed by atoms with van der Waals surface area (Å²) in [5, 5.41) is 10.2. The predicted octanol–water partition coefficient (Wildman–Crippen LogP) is 1.11. The van der Waals surface area contributed by atoms with Gasteiger partial charge in [-0.05, 0) is 26.2 Å². The first-order valence-corrected chi connectivity index (χ1v) is 9.03. The highest BCUT2D eigenvalue weighted by molar-refractivity contribution is 6.51. The van der Waals surface area contributed by atoms with Gasteiger partial charge >= 0.3 is 7.05 Å². The predicted molar refractivity (Wildman–Crippen MR) is 105 cm³/mol. The van der Waals surface area contributed by atoms with Crippen LogP contribution >= 0.6 is 0 Å². The number of rotatable bonds is 6. The highest BCUT2D eigenvalue weighted by Gasteiger charge is 2.38. The van der Waals surface area contributed by atoms with Crippen molar-refractivity contribution in [3.63, 3.8) is 0 Å². The molecule has 1 aromatic heterocycles. The van der Waals surface area contributed by atoms with E-state index in [1.807, 2.05) is 44.2 Å². The van der Waals surface area contributed by atoms with E-state index < -0.39 is 18.4 Å². The largest absolute Gasteiger partial charge is 0.482 e. The number of amides is 1. The summed E-state index contributed by atoms with van der Waals surface area (Å²) in [7, 11) is -1.00. The summed E-state index contributed by atoms with van der Waals surface area (Å²) < 4.78 is 7.02. The Labute approximate surface area is 163 Å². The van der Waals surface area contributed by atoms with E-state index in [0.29, 0.717) is 6.29 Å². The van der Waals surface area contributed by atoms with Gasteiger partial charge in [-0.25, -0.2) is 0 Å². The molecular weight excluding hydrogens is 361 g/mol. The summed E-state index contributed by atoms with van der Waals surface area (Å²) in [6, 6.07) is 10.2. The highest BCUT2D eigenvalue weighted by Crippen LogP contribution is 2.25. The zero-order chi connectivity index (χ0) is 20.4. The lowest BCUT2D eigenvalue weighted by atomic mass is 9.87. The van der Waals surface area contributed by atoms with Crippen LogP contribution in [-0.2, 0) is 6.61 Å². The van der Waals surface area contributed by atoms with Gasteiger partial charge in [-0.3, -0.25) is 19.1 Å². The van der Waals surface area contributed by atoms with Crippen molar-refractivity contribution in [3.8, 4) is 5.75 Å². The standard InChI is InChI=1S/C19H22BN3O5/c1-13(2)21-12-22(20(3)27)23-15(10-24)9-16(25)18(17(23)19(21)26)28-11-14-7-5-4-6-8-14/h4-10,13,27H,11-12H2,1-3H3. The van der Waals surface area contributed by atoms with E-state index in [1.165, 1.54) is 21.3 Å². The quantitative estimate of drug-likeness (QED) is 0.594. The molecule has 146 valence electrons. The molecule has 0 saturated carbocycles. The van der Waals surface area contributed by atoms with Gasteiger partial charge in [-0.1, -0.05) is 30.3 Å². The maximum absolute atomic E-state index is 13.1. The molecule has 8 nitrogen and oxygen atoms in total. The molecule has 1 aliphatic heterocycles. The van der Waals surface area contributed by atoms with Crippen LogP contribution in [0.25, 0.3) is 0 Å². The van der Waals surface area contributed by atoms with Crippen LogP contribution in [0.2, 0.25) is 6.82 Å². The molecule has 0 fully saturated rings. The second-order valence-corrected chi connectivity index (χ2v) is 6.90. The number of aromatic nitrogens is 1. The Morgan fingerprint density at radius 1 is 1.25 bits per heavy atom. The number of pyridine rings is 1. The third-order valence-corrected chi connectivity index (χ3v) is 4.59. The van der Waals surface area contributed by atoms with Crippen LogP contribution < -0.4 is 15.1 Å². The fourth-order valence-corrected chi connectivity index (χ4v) is 3.12. The molecule has 0 radical (unpaired) electrons. The number of carbonyl (C=O) groups is 2. The van der Waals surface area contributed by atoms with Gasteiger partial charge in [0.25, 0.3) is 5.91 Å². The molecule has 1 N–H and O–H groups in total. The van der Waals surface area contributed by atoms with Crippen LogP contribution in [0.5, 0.6) is 5.75 Å². The summed E-state index contributed by atoms with van der Waals surface area (Å²) in [6.45, 7) is 5.35. The lowest BCUT2D eigenvalue weighted by Gasteiger charge is -2.42. The summed E-state index contributed by atoms with van der Waals surface area (Å²) in [6.07, 6.45) is 0.486. The van der Waals surface area contributed by atoms with Gasteiger partial charge in [0.05, 0.1) is 6.67 Å². The van der Waals surface area contributed by atoms with Crippen molar-refractivity contribution in [3.05, 3.63) is 63.6 Å². The Balaban J connectivity index is 2.16. The van der Waals surface area contributed by atoms with Crippen LogP contribution in [0, 0.1) is 0 Å². The van der Waals surface area contributed by atoms with Crippen LogP contribution in [0.4, 0.5) is 0 Å². The molecule has 0 spiro atoms. The van der Waals surface area contributed by atoms with Gasteiger partial charge in [0.2, 0.25) is 5.43 Å². The van der Waals surface area contributed by atoms with Gasteiger partial charge in [0.15, 0.2) is 17.7 Å². The Hall–Kier alpha value is -3.07. The van der Waals surface area contributed by atoms with Gasteiger partial charge in [0.1, 0.15) is 12.3 Å². The van der Waals surface area contributed by atoms with E-state index in [9.17, 15) is 19.4 Å². The van der Waals surface area contributed by atoms with E-state index in [1.54, 1.807) is 0 Å². The smallest absolute Gasteiger partial charge is 0.426 e. The minimum absolute atomic E-state index is 0.0234. The van der Waals surface area contributed by atoms with Gasteiger partial charge in [-0.15, -0.1) is 0 Å². The summed E-state index contributed by atoms with van der Waals surface area (Å²) >= 11 is 0. The fourth-order valence-electron chi connectivity index (χ4n) is 3.12. The first-order valence-electron chi connectivity index (χ1n) is 9.03. The molecule has 2 heterocycles. The zero-order valence-electron chi connectivity index (χ0n) is 16.0. The summed E-state index contributed by atoms with van der Waals surface area (Å²) in [5.41, 5.74) is 0.182. The topological polar surface area (TPSA) is 92.1 Å². The zero-order valence-corrected chi connectivity index (χ0v) is 16.0. The Morgan fingerprint density at radius 3 is 2.50 bits per heavy atom. The number of carbonyl (C=O) groups excluding carboxylic acids is 2. The normalized spacial score (nSPS) is 13.5. The molecule has 1 aromatic carbocycles. The average molecular weight is 383 g/mol. The number of benzene rings is 1. The fraction of sp³-hybridized carbons (Fsp3) is 0.316. The second kappa shape index (κ2) is 7.89. The molecule has 0 bridgehead atoms. The average Bonchev–Trinajstić information content (AvgIpc) is 2.67. The number of aldehydes is 1. The number of hydrogen-bond acceptors (Lipinski definition) is 6. The molecule has 2 aromatic rings. The van der Waals surface area contributed by atoms with Crippen molar-refractivity contribution < 1.29 is 19.3 Å². The van der Waals surface area contributed by atoms with E-state index in [0.717, 1.165) is 11.6 Å². The lowest BCUT2D eigenvalue weighted by Crippen LogP contribution is -2.61. The Morgan fingerprint density at radius 2 is 1.93 bits per heavy atom. The summed E-state index contributed by atoms with van der Waals surface area (Å²) in [4.78, 5) is 40.3. The molecule has 3 rings (SSSR count). The number of nitrogens with zero attached hydrogens (tertiary/aromatic N) is 3. The molecule has 0 aliphatic carbocycles. The molecule has 1 aliphatic rings. The second-order valence-electron chi connectivity index (χ2n) is 6.90. The van der Waals surface area contributed by atoms with Gasteiger partial charge < -0.3 is 19.6 Å². The third-order valence-electron chi connectivity index (χ3n) is 4.59. The van der Waals surface area contributed by atoms with Crippen molar-refractivity contribution in [2.45, 2.75) is 33.3 Å². The Kier molecular flexibility index (Phi) is 5.55.